The maximum Gasteiger partial charge on any atom is 0.229 e. The Balaban J connectivity index is 1.42. The van der Waals surface area contributed by atoms with Crippen molar-refractivity contribution < 1.29 is 9.13 Å². The first-order valence-corrected chi connectivity index (χ1v) is 9.48. The molecule has 1 N–H and O–H groups in total. The van der Waals surface area contributed by atoms with Gasteiger partial charge in [0.1, 0.15) is 5.82 Å². The molecule has 0 amide bonds. The Kier molecular flexibility index (Phi) is 4.57. The van der Waals surface area contributed by atoms with E-state index in [9.17, 15) is 4.39 Å². The minimum absolute atomic E-state index is 0.000851. The summed E-state index contributed by atoms with van der Waals surface area (Å²) in [5.74, 6) is -0.126. The lowest BCUT2D eigenvalue weighted by molar-refractivity contribution is 0.0662. The van der Waals surface area contributed by atoms with Crippen molar-refractivity contribution >= 4 is 34.4 Å². The number of nitrogens with one attached hydrogen (secondary N) is 1. The zero-order chi connectivity index (χ0) is 19.8. The molecule has 0 aliphatic carbocycles. The molecule has 5 rings (SSSR count). The highest BCUT2D eigenvalue weighted by atomic mass is 35.5. The van der Waals surface area contributed by atoms with Gasteiger partial charge in [0.15, 0.2) is 11.2 Å². The van der Waals surface area contributed by atoms with E-state index < -0.39 is 5.82 Å². The van der Waals surface area contributed by atoms with Crippen LogP contribution in [0, 0.1) is 5.82 Å². The van der Waals surface area contributed by atoms with Gasteiger partial charge >= 0.3 is 0 Å². The average molecular weight is 415 g/mol. The molecule has 0 radical (unpaired) electrons. The van der Waals surface area contributed by atoms with Crippen molar-refractivity contribution in [1.29, 1.82) is 0 Å². The van der Waals surface area contributed by atoms with Crippen LogP contribution in [0.25, 0.3) is 16.9 Å². The van der Waals surface area contributed by atoms with Gasteiger partial charge < -0.3 is 10.1 Å². The molecule has 29 heavy (non-hydrogen) atoms. The molecule has 0 atom stereocenters. The summed E-state index contributed by atoms with van der Waals surface area (Å²) in [5.41, 5.74) is 2.31. The first kappa shape index (κ1) is 18.0. The molecule has 0 saturated carbocycles. The van der Waals surface area contributed by atoms with Crippen LogP contribution < -0.4 is 5.32 Å². The van der Waals surface area contributed by atoms with Crippen molar-refractivity contribution in [1.82, 2.24) is 34.7 Å². The van der Waals surface area contributed by atoms with Gasteiger partial charge in [0.25, 0.3) is 0 Å². The van der Waals surface area contributed by atoms with E-state index in [0.29, 0.717) is 28.8 Å². The minimum Gasteiger partial charge on any atom is -0.381 e. The number of ether oxygens (including phenoxy) is 1. The fraction of sp³-hybridized carbons (Fsp3) is 0.278. The quantitative estimate of drug-likeness (QED) is 0.547. The van der Waals surface area contributed by atoms with E-state index in [0.717, 1.165) is 31.7 Å². The largest absolute Gasteiger partial charge is 0.381 e. The first-order valence-electron chi connectivity index (χ1n) is 9.10. The molecule has 1 aliphatic heterocycles. The standard InChI is InChI=1S/C18H16ClFN8O/c19-14-7-13(1-2-15(14)20)28-17-16(25-26-28)9-21-18(24-17)23-11-8-22-27(10-11)12-3-5-29-6-4-12/h1-2,7-10,12H,3-6H2,(H,21,23,24). The predicted molar refractivity (Wildman–Crippen MR) is 104 cm³/mol. The number of fused-ring (bicyclic) bond motifs is 1. The van der Waals surface area contributed by atoms with Crippen molar-refractivity contribution in [2.75, 3.05) is 18.5 Å². The van der Waals surface area contributed by atoms with Crippen molar-refractivity contribution in [2.24, 2.45) is 0 Å². The van der Waals surface area contributed by atoms with E-state index in [2.05, 4.69) is 30.7 Å². The third kappa shape index (κ3) is 3.52. The van der Waals surface area contributed by atoms with Crippen molar-refractivity contribution in [2.45, 2.75) is 18.9 Å². The fourth-order valence-corrected chi connectivity index (χ4v) is 3.43. The van der Waals surface area contributed by atoms with Gasteiger partial charge in [0.2, 0.25) is 5.95 Å². The number of halogens is 2. The Morgan fingerprint density at radius 2 is 2.07 bits per heavy atom. The SMILES string of the molecule is Fc1ccc(-n2nnc3cnc(Nc4cnn(C5CCOCC5)c4)nc32)cc1Cl. The summed E-state index contributed by atoms with van der Waals surface area (Å²) in [6.45, 7) is 1.49. The van der Waals surface area contributed by atoms with E-state index in [1.165, 1.54) is 16.8 Å². The molecule has 1 aromatic carbocycles. The summed E-state index contributed by atoms with van der Waals surface area (Å²) in [6, 6.07) is 4.63. The van der Waals surface area contributed by atoms with Gasteiger partial charge in [0.05, 0.1) is 34.8 Å². The summed E-state index contributed by atoms with van der Waals surface area (Å²) in [5, 5.41) is 15.7. The van der Waals surface area contributed by atoms with Crippen LogP contribution in [0.4, 0.5) is 16.0 Å². The number of aromatic nitrogens is 7. The molecule has 1 saturated heterocycles. The van der Waals surface area contributed by atoms with E-state index in [1.54, 1.807) is 18.5 Å². The lowest BCUT2D eigenvalue weighted by Gasteiger charge is -2.22. The van der Waals surface area contributed by atoms with Crippen LogP contribution >= 0.6 is 11.6 Å². The van der Waals surface area contributed by atoms with Crippen molar-refractivity contribution in [3.63, 3.8) is 0 Å². The molecule has 3 aromatic heterocycles. The Hall–Kier alpha value is -3.11. The molecule has 0 unspecified atom stereocenters. The number of hydrogen-bond donors (Lipinski definition) is 1. The molecule has 4 heterocycles. The van der Waals surface area contributed by atoms with Crippen molar-refractivity contribution in [3.8, 4) is 5.69 Å². The molecule has 9 nitrogen and oxygen atoms in total. The molecule has 0 spiro atoms. The second kappa shape index (κ2) is 7.37. The maximum absolute atomic E-state index is 13.5. The summed E-state index contributed by atoms with van der Waals surface area (Å²) < 4.78 is 22.3. The molecule has 148 valence electrons. The van der Waals surface area contributed by atoms with Crippen LogP contribution in [0.2, 0.25) is 5.02 Å². The lowest BCUT2D eigenvalue weighted by atomic mass is 10.1. The van der Waals surface area contributed by atoms with Gasteiger partial charge in [-0.15, -0.1) is 5.10 Å². The summed E-state index contributed by atoms with van der Waals surface area (Å²) >= 11 is 5.89. The van der Waals surface area contributed by atoms with Gasteiger partial charge in [-0.2, -0.15) is 14.8 Å². The van der Waals surface area contributed by atoms with E-state index in [4.69, 9.17) is 16.3 Å². The topological polar surface area (TPSA) is 95.6 Å². The van der Waals surface area contributed by atoms with Gasteiger partial charge in [-0.1, -0.05) is 16.8 Å². The third-order valence-electron chi connectivity index (χ3n) is 4.76. The van der Waals surface area contributed by atoms with Gasteiger partial charge in [-0.25, -0.2) is 9.37 Å². The van der Waals surface area contributed by atoms with Crippen LogP contribution in [0.1, 0.15) is 18.9 Å². The fourth-order valence-electron chi connectivity index (χ4n) is 3.26. The second-order valence-electron chi connectivity index (χ2n) is 6.68. The molecular formula is C18H16ClFN8O. The Bertz CT molecular complexity index is 1170. The number of anilines is 2. The summed E-state index contributed by atoms with van der Waals surface area (Å²) in [7, 11) is 0. The van der Waals surface area contributed by atoms with Crippen molar-refractivity contribution in [3.05, 3.63) is 47.6 Å². The van der Waals surface area contributed by atoms with E-state index >= 15 is 0 Å². The van der Waals surface area contributed by atoms with Gasteiger partial charge in [0, 0.05) is 19.4 Å². The highest BCUT2D eigenvalue weighted by Crippen LogP contribution is 2.24. The molecule has 1 fully saturated rings. The van der Waals surface area contributed by atoms with Crippen LogP contribution in [0.5, 0.6) is 0 Å². The zero-order valence-corrected chi connectivity index (χ0v) is 15.9. The number of benzene rings is 1. The van der Waals surface area contributed by atoms with E-state index in [-0.39, 0.29) is 5.02 Å². The Labute approximate surface area is 169 Å². The van der Waals surface area contributed by atoms with Gasteiger partial charge in [-0.05, 0) is 31.0 Å². The van der Waals surface area contributed by atoms with Crippen LogP contribution in [0.15, 0.2) is 36.8 Å². The highest BCUT2D eigenvalue weighted by Gasteiger charge is 2.17. The highest BCUT2D eigenvalue weighted by molar-refractivity contribution is 6.30. The van der Waals surface area contributed by atoms with Crippen LogP contribution in [-0.2, 0) is 4.74 Å². The maximum atomic E-state index is 13.5. The zero-order valence-electron chi connectivity index (χ0n) is 15.2. The molecule has 0 bridgehead atoms. The average Bonchev–Trinajstić information content (AvgIpc) is 3.38. The smallest absolute Gasteiger partial charge is 0.229 e. The van der Waals surface area contributed by atoms with Crippen LogP contribution in [-0.4, -0.2) is 48.0 Å². The third-order valence-corrected chi connectivity index (χ3v) is 5.05. The lowest BCUT2D eigenvalue weighted by Crippen LogP contribution is -2.19. The normalized spacial score (nSPS) is 15.1. The monoisotopic (exact) mass is 414 g/mol. The number of nitrogens with zero attached hydrogens (tertiary/aromatic N) is 7. The minimum atomic E-state index is -0.502. The number of rotatable bonds is 4. The molecule has 1 aliphatic rings. The number of hydrogen-bond acceptors (Lipinski definition) is 7. The molecular weight excluding hydrogens is 399 g/mol. The molecule has 11 heteroatoms. The van der Waals surface area contributed by atoms with Gasteiger partial charge in [-0.3, -0.25) is 4.68 Å². The molecule has 4 aromatic rings. The van der Waals surface area contributed by atoms with Crippen LogP contribution in [0.3, 0.4) is 0 Å². The second-order valence-corrected chi connectivity index (χ2v) is 7.09. The Morgan fingerprint density at radius 1 is 1.21 bits per heavy atom. The summed E-state index contributed by atoms with van der Waals surface area (Å²) in [4.78, 5) is 8.78. The first-order chi connectivity index (χ1) is 14.2. The predicted octanol–water partition coefficient (Wildman–Crippen LogP) is 3.29. The Morgan fingerprint density at radius 3 is 2.90 bits per heavy atom. The van der Waals surface area contributed by atoms with E-state index in [1.807, 2.05) is 10.9 Å². The summed E-state index contributed by atoms with van der Waals surface area (Å²) in [6.07, 6.45) is 7.11.